The average molecular weight is 362 g/mol. The third-order valence-corrected chi connectivity index (χ3v) is 4.96. The third-order valence-electron chi connectivity index (χ3n) is 4.96. The van der Waals surface area contributed by atoms with Crippen LogP contribution in [0.3, 0.4) is 0 Å². The molecule has 1 aliphatic carbocycles. The van der Waals surface area contributed by atoms with Crippen molar-refractivity contribution in [1.29, 1.82) is 0 Å². The monoisotopic (exact) mass is 362 g/mol. The molecule has 2 N–H and O–H groups in total. The summed E-state index contributed by atoms with van der Waals surface area (Å²) in [4.78, 5) is 20.8. The molecule has 0 spiro atoms. The molecule has 0 aromatic carbocycles. The van der Waals surface area contributed by atoms with Gasteiger partial charge < -0.3 is 20.1 Å². The lowest BCUT2D eigenvalue weighted by molar-refractivity contribution is 0.0566. The number of urea groups is 1. The van der Waals surface area contributed by atoms with Gasteiger partial charge >= 0.3 is 6.03 Å². The highest BCUT2D eigenvalue weighted by Crippen LogP contribution is 2.29. The zero-order valence-corrected chi connectivity index (χ0v) is 15.7. The highest BCUT2D eigenvalue weighted by atomic mass is 16.5. The van der Waals surface area contributed by atoms with Crippen molar-refractivity contribution in [2.45, 2.75) is 45.4 Å². The first kappa shape index (κ1) is 18.9. The number of nitrogens with one attached hydrogen (secondary N) is 1. The molecule has 7 nitrogen and oxygen atoms in total. The van der Waals surface area contributed by atoms with Crippen molar-refractivity contribution in [2.75, 3.05) is 32.8 Å². The highest BCUT2D eigenvalue weighted by Gasteiger charge is 2.27. The molecule has 0 bridgehead atoms. The summed E-state index contributed by atoms with van der Waals surface area (Å²) in [6, 6.07) is 4.00. The summed E-state index contributed by atoms with van der Waals surface area (Å²) in [6.45, 7) is 7.87. The van der Waals surface area contributed by atoms with Gasteiger partial charge in [-0.3, -0.25) is 4.90 Å². The maximum Gasteiger partial charge on any atom is 0.317 e. The Kier molecular flexibility index (Phi) is 6.32. The Bertz CT molecular complexity index is 589. The lowest BCUT2D eigenvalue weighted by atomic mass is 10.2. The molecular weight excluding hydrogens is 332 g/mol. The van der Waals surface area contributed by atoms with Crippen LogP contribution < -0.4 is 10.1 Å². The van der Waals surface area contributed by atoms with Crippen LogP contribution in [0, 0.1) is 5.92 Å². The van der Waals surface area contributed by atoms with Crippen molar-refractivity contribution in [1.82, 2.24) is 20.1 Å². The second kappa shape index (κ2) is 8.68. The van der Waals surface area contributed by atoms with Gasteiger partial charge in [0.15, 0.2) is 0 Å². The van der Waals surface area contributed by atoms with Crippen LogP contribution in [0.2, 0.25) is 0 Å². The van der Waals surface area contributed by atoms with Crippen molar-refractivity contribution >= 4 is 6.03 Å². The molecule has 1 saturated carbocycles. The minimum absolute atomic E-state index is 0.0531. The molecule has 1 aromatic heterocycles. The van der Waals surface area contributed by atoms with Crippen molar-refractivity contribution in [3.8, 4) is 5.88 Å². The maximum atomic E-state index is 12.4. The van der Waals surface area contributed by atoms with E-state index in [1.165, 1.54) is 12.8 Å². The van der Waals surface area contributed by atoms with Crippen LogP contribution in [0.5, 0.6) is 5.88 Å². The van der Waals surface area contributed by atoms with Crippen LogP contribution in [-0.4, -0.2) is 70.9 Å². The summed E-state index contributed by atoms with van der Waals surface area (Å²) in [7, 11) is 0. The molecule has 2 heterocycles. The molecule has 26 heavy (non-hydrogen) atoms. The number of rotatable bonds is 7. The van der Waals surface area contributed by atoms with Crippen molar-refractivity contribution in [2.24, 2.45) is 5.92 Å². The van der Waals surface area contributed by atoms with Gasteiger partial charge in [-0.15, -0.1) is 0 Å². The Morgan fingerprint density at radius 1 is 1.42 bits per heavy atom. The largest absolute Gasteiger partial charge is 0.477 e. The van der Waals surface area contributed by atoms with Gasteiger partial charge in [-0.25, -0.2) is 9.78 Å². The van der Waals surface area contributed by atoms with E-state index in [0.717, 1.165) is 18.7 Å². The van der Waals surface area contributed by atoms with Gasteiger partial charge in [-0.2, -0.15) is 0 Å². The van der Waals surface area contributed by atoms with Crippen LogP contribution >= 0.6 is 0 Å². The summed E-state index contributed by atoms with van der Waals surface area (Å²) in [5, 5.41) is 12.5. The number of amides is 2. The number of hydrogen-bond acceptors (Lipinski definition) is 5. The summed E-state index contributed by atoms with van der Waals surface area (Å²) in [5.41, 5.74) is 0.956. The van der Waals surface area contributed by atoms with Gasteiger partial charge in [0.2, 0.25) is 5.88 Å². The maximum absolute atomic E-state index is 12.4. The normalized spacial score (nSPS) is 22.1. The molecule has 0 unspecified atom stereocenters. The summed E-state index contributed by atoms with van der Waals surface area (Å²) in [6.07, 6.45) is 3.93. The molecule has 1 aliphatic heterocycles. The summed E-state index contributed by atoms with van der Waals surface area (Å²) < 4.78 is 5.63. The SMILES string of the molecule is C[C@@H]1CN(C(=O)NCc2ccc(OCC3CC3)nc2)CCN1C[C@@H](C)O. The Labute approximate surface area is 155 Å². The van der Waals surface area contributed by atoms with Crippen molar-refractivity contribution < 1.29 is 14.6 Å². The Balaban J connectivity index is 1.40. The number of carbonyl (C=O) groups is 1. The number of carbonyl (C=O) groups excluding carboxylic acids is 1. The summed E-state index contributed by atoms with van der Waals surface area (Å²) >= 11 is 0. The second-order valence-electron chi connectivity index (χ2n) is 7.56. The lowest BCUT2D eigenvalue weighted by Gasteiger charge is -2.40. The second-order valence-corrected chi connectivity index (χ2v) is 7.56. The number of ether oxygens (including phenoxy) is 1. The zero-order chi connectivity index (χ0) is 18.5. The molecule has 0 radical (unpaired) electrons. The molecule has 3 rings (SSSR count). The average Bonchev–Trinajstić information content (AvgIpc) is 3.44. The van der Waals surface area contributed by atoms with E-state index in [4.69, 9.17) is 4.74 Å². The number of hydrogen-bond donors (Lipinski definition) is 2. The van der Waals surface area contributed by atoms with Gasteiger partial charge in [0.25, 0.3) is 0 Å². The number of β-amino-alcohol motifs (C(OH)–C–C–N with tert-alkyl or cyclic N) is 1. The summed E-state index contributed by atoms with van der Waals surface area (Å²) in [5.74, 6) is 1.36. The third kappa shape index (κ3) is 5.57. The molecular formula is C19H30N4O3. The van der Waals surface area contributed by atoms with Crippen LogP contribution in [0.25, 0.3) is 0 Å². The van der Waals surface area contributed by atoms with Gasteiger partial charge in [0.05, 0.1) is 12.7 Å². The van der Waals surface area contributed by atoms with E-state index in [1.54, 1.807) is 13.1 Å². The topological polar surface area (TPSA) is 77.9 Å². The number of piperazine rings is 1. The molecule has 2 atom stereocenters. The first-order valence-corrected chi connectivity index (χ1v) is 9.54. The van der Waals surface area contributed by atoms with Crippen LogP contribution in [-0.2, 0) is 6.54 Å². The number of aliphatic hydroxyl groups excluding tert-OH is 1. The Hall–Kier alpha value is -1.86. The van der Waals surface area contributed by atoms with E-state index >= 15 is 0 Å². The quantitative estimate of drug-likeness (QED) is 0.768. The van der Waals surface area contributed by atoms with Crippen LogP contribution in [0.1, 0.15) is 32.3 Å². The van der Waals surface area contributed by atoms with Crippen LogP contribution in [0.15, 0.2) is 18.3 Å². The first-order valence-electron chi connectivity index (χ1n) is 9.54. The van der Waals surface area contributed by atoms with Gasteiger partial charge in [-0.1, -0.05) is 6.07 Å². The molecule has 2 fully saturated rings. The van der Waals surface area contributed by atoms with Crippen LogP contribution in [0.4, 0.5) is 4.79 Å². The number of pyridine rings is 1. The van der Waals surface area contributed by atoms with Gasteiger partial charge in [0.1, 0.15) is 0 Å². The Morgan fingerprint density at radius 3 is 2.85 bits per heavy atom. The predicted octanol–water partition coefficient (Wildman–Crippen LogP) is 1.47. The minimum atomic E-state index is -0.346. The molecule has 1 saturated heterocycles. The molecule has 144 valence electrons. The molecule has 2 aliphatic rings. The fraction of sp³-hybridized carbons (Fsp3) is 0.684. The van der Waals surface area contributed by atoms with Gasteiger partial charge in [0, 0.05) is 51.0 Å². The van der Waals surface area contributed by atoms with E-state index in [-0.39, 0.29) is 18.2 Å². The van der Waals surface area contributed by atoms with E-state index in [1.807, 2.05) is 17.0 Å². The van der Waals surface area contributed by atoms with E-state index in [2.05, 4.69) is 22.1 Å². The number of aromatic nitrogens is 1. The van der Waals surface area contributed by atoms with Gasteiger partial charge in [-0.05, 0) is 38.2 Å². The van der Waals surface area contributed by atoms with E-state index < -0.39 is 0 Å². The van der Waals surface area contributed by atoms with E-state index in [9.17, 15) is 9.90 Å². The number of aliphatic hydroxyl groups is 1. The molecule has 1 aromatic rings. The standard InChI is InChI=1S/C19H30N4O3/c1-14-11-23(8-7-22(14)12-15(2)24)19(25)21-10-17-5-6-18(20-9-17)26-13-16-3-4-16/h5-6,9,14-16,24H,3-4,7-8,10-13H2,1-2H3,(H,21,25)/t14-,15-/m1/s1. The number of nitrogens with zero attached hydrogens (tertiary/aromatic N) is 3. The molecule has 2 amide bonds. The van der Waals surface area contributed by atoms with E-state index in [0.29, 0.717) is 38.0 Å². The molecule has 7 heteroatoms. The fourth-order valence-corrected chi connectivity index (χ4v) is 3.17. The minimum Gasteiger partial charge on any atom is -0.477 e. The Morgan fingerprint density at radius 2 is 2.23 bits per heavy atom. The smallest absolute Gasteiger partial charge is 0.317 e. The fourth-order valence-electron chi connectivity index (χ4n) is 3.17. The first-order chi connectivity index (χ1) is 12.5. The van der Waals surface area contributed by atoms with Crippen molar-refractivity contribution in [3.05, 3.63) is 23.9 Å². The zero-order valence-electron chi connectivity index (χ0n) is 15.7. The highest BCUT2D eigenvalue weighted by molar-refractivity contribution is 5.74. The van der Waals surface area contributed by atoms with Crippen molar-refractivity contribution in [3.63, 3.8) is 0 Å². The predicted molar refractivity (Wildman–Crippen MR) is 99.0 cm³/mol. The lowest BCUT2D eigenvalue weighted by Crippen LogP contribution is -2.56.